The second-order valence-corrected chi connectivity index (χ2v) is 5.86. The fourth-order valence-corrected chi connectivity index (χ4v) is 2.52. The molecule has 0 saturated carbocycles. The number of nitrogens with zero attached hydrogens (tertiary/aromatic N) is 4. The van der Waals surface area contributed by atoms with E-state index in [-0.39, 0.29) is 16.3 Å². The highest BCUT2D eigenvalue weighted by Gasteiger charge is 2.29. The molecule has 2 rings (SSSR count). The Labute approximate surface area is 157 Å². The number of halogens is 1. The van der Waals surface area contributed by atoms with Gasteiger partial charge in [0.1, 0.15) is 11.3 Å². The average Bonchev–Trinajstić information content (AvgIpc) is 2.56. The smallest absolute Gasteiger partial charge is 0.308 e. The Morgan fingerprint density at radius 3 is 2.30 bits per heavy atom. The van der Waals surface area contributed by atoms with Crippen LogP contribution in [0.2, 0.25) is 5.02 Å². The summed E-state index contributed by atoms with van der Waals surface area (Å²) in [6.45, 7) is 4.19. The molecule has 0 aliphatic heterocycles. The molecule has 0 saturated heterocycles. The van der Waals surface area contributed by atoms with Crippen molar-refractivity contribution in [1.82, 2.24) is 0 Å². The van der Waals surface area contributed by atoms with E-state index in [1.54, 1.807) is 13.0 Å². The molecular formula is C16H13ClN4O6. The van der Waals surface area contributed by atoms with E-state index in [9.17, 15) is 25.0 Å². The third-order valence-corrected chi connectivity index (χ3v) is 3.80. The van der Waals surface area contributed by atoms with E-state index in [1.165, 1.54) is 26.0 Å². The Kier molecular flexibility index (Phi) is 5.81. The van der Waals surface area contributed by atoms with E-state index in [0.717, 1.165) is 6.07 Å². The first kappa shape index (κ1) is 19.9. The molecule has 0 fully saturated rings. The Morgan fingerprint density at radius 1 is 1.11 bits per heavy atom. The van der Waals surface area contributed by atoms with Crippen molar-refractivity contribution in [2.75, 3.05) is 0 Å². The van der Waals surface area contributed by atoms with E-state index in [2.05, 4.69) is 10.2 Å². The van der Waals surface area contributed by atoms with Crippen molar-refractivity contribution < 1.29 is 19.4 Å². The van der Waals surface area contributed by atoms with Gasteiger partial charge in [0.15, 0.2) is 5.69 Å². The summed E-state index contributed by atoms with van der Waals surface area (Å²) in [6.07, 6.45) is 0. The number of hydrogen-bond acceptors (Lipinski definition) is 8. The highest BCUT2D eigenvalue weighted by atomic mass is 35.5. The number of carbonyl (C=O) groups is 1. The zero-order chi connectivity index (χ0) is 20.3. The fraction of sp³-hybridized carbons (Fsp3) is 0.188. The van der Waals surface area contributed by atoms with E-state index in [4.69, 9.17) is 16.3 Å². The molecule has 2 aromatic carbocycles. The Balaban J connectivity index is 2.49. The van der Waals surface area contributed by atoms with Crippen molar-refractivity contribution in [1.29, 1.82) is 0 Å². The van der Waals surface area contributed by atoms with Gasteiger partial charge in [0, 0.05) is 13.0 Å². The highest BCUT2D eigenvalue weighted by Crippen LogP contribution is 2.43. The van der Waals surface area contributed by atoms with Crippen molar-refractivity contribution in [2.24, 2.45) is 10.2 Å². The molecule has 0 amide bonds. The van der Waals surface area contributed by atoms with E-state index >= 15 is 0 Å². The predicted molar refractivity (Wildman–Crippen MR) is 96.2 cm³/mol. The number of benzene rings is 2. The quantitative estimate of drug-likeness (QED) is 0.228. The van der Waals surface area contributed by atoms with Crippen molar-refractivity contribution >= 4 is 40.3 Å². The molecule has 27 heavy (non-hydrogen) atoms. The summed E-state index contributed by atoms with van der Waals surface area (Å²) >= 11 is 5.95. The van der Waals surface area contributed by atoms with Gasteiger partial charge >= 0.3 is 11.7 Å². The van der Waals surface area contributed by atoms with Gasteiger partial charge in [0.25, 0.3) is 5.69 Å². The molecule has 0 aliphatic carbocycles. The number of esters is 1. The summed E-state index contributed by atoms with van der Waals surface area (Å²) in [4.78, 5) is 31.8. The molecule has 0 N–H and O–H groups in total. The Bertz CT molecular complexity index is 989. The SMILES string of the molecule is CC(=O)Oc1ccc(N=Nc2c(Cl)cc([N+](=O)[O-])c(C)c2[N+](=O)[O-])cc1C. The number of aryl methyl sites for hydroxylation is 1. The van der Waals surface area contributed by atoms with Crippen molar-refractivity contribution in [2.45, 2.75) is 20.8 Å². The molecule has 0 spiro atoms. The standard InChI is InChI=1S/C16H13ClN4O6/c1-8-6-11(4-5-14(8)27-10(3)22)18-19-15-12(17)7-13(20(23)24)9(2)16(15)21(25)26/h4-7H,1-3H3. The van der Waals surface area contributed by atoms with Gasteiger partial charge in [-0.1, -0.05) is 11.6 Å². The normalized spacial score (nSPS) is 10.8. The van der Waals surface area contributed by atoms with Gasteiger partial charge in [-0.15, -0.1) is 5.11 Å². The number of azo groups is 1. The van der Waals surface area contributed by atoms with Crippen LogP contribution >= 0.6 is 11.6 Å². The number of carbonyl (C=O) groups excluding carboxylic acids is 1. The number of nitro groups is 2. The number of nitro benzene ring substituents is 2. The number of rotatable bonds is 5. The summed E-state index contributed by atoms with van der Waals surface area (Å²) in [7, 11) is 0. The van der Waals surface area contributed by atoms with Crippen LogP contribution in [0.15, 0.2) is 34.5 Å². The van der Waals surface area contributed by atoms with Crippen LogP contribution in [0.1, 0.15) is 18.1 Å². The number of hydrogen-bond donors (Lipinski definition) is 0. The molecule has 0 unspecified atom stereocenters. The van der Waals surface area contributed by atoms with E-state index in [0.29, 0.717) is 17.0 Å². The van der Waals surface area contributed by atoms with Gasteiger partial charge in [-0.25, -0.2) is 0 Å². The molecular weight excluding hydrogens is 380 g/mol. The first-order valence-corrected chi connectivity index (χ1v) is 7.82. The molecule has 10 nitrogen and oxygen atoms in total. The molecule has 11 heteroatoms. The maximum atomic E-state index is 11.4. The lowest BCUT2D eigenvalue weighted by Crippen LogP contribution is -2.02. The van der Waals surface area contributed by atoms with E-state index < -0.39 is 27.2 Å². The molecule has 0 radical (unpaired) electrons. The monoisotopic (exact) mass is 392 g/mol. The molecule has 0 aromatic heterocycles. The molecule has 140 valence electrons. The predicted octanol–water partition coefficient (Wildman–Crippen LogP) is 5.11. The third-order valence-electron chi connectivity index (χ3n) is 3.51. The fourth-order valence-electron chi connectivity index (χ4n) is 2.29. The van der Waals surface area contributed by atoms with Gasteiger partial charge in [0.2, 0.25) is 0 Å². The highest BCUT2D eigenvalue weighted by molar-refractivity contribution is 6.33. The summed E-state index contributed by atoms with van der Waals surface area (Å²) in [6, 6.07) is 5.54. The van der Waals surface area contributed by atoms with Crippen LogP contribution in [0.4, 0.5) is 22.7 Å². The minimum atomic E-state index is -0.794. The van der Waals surface area contributed by atoms with Crippen LogP contribution in [-0.4, -0.2) is 15.8 Å². The summed E-state index contributed by atoms with van der Waals surface area (Å²) in [5, 5.41) is 29.8. The van der Waals surface area contributed by atoms with Crippen LogP contribution in [0.25, 0.3) is 0 Å². The maximum absolute atomic E-state index is 11.4. The Morgan fingerprint density at radius 2 is 1.78 bits per heavy atom. The van der Waals surface area contributed by atoms with Crippen molar-refractivity contribution in [3.63, 3.8) is 0 Å². The van der Waals surface area contributed by atoms with Crippen LogP contribution in [0.5, 0.6) is 5.75 Å². The third kappa shape index (κ3) is 4.42. The summed E-state index contributed by atoms with van der Waals surface area (Å²) in [5.41, 5.74) is -0.610. The van der Waals surface area contributed by atoms with Crippen LogP contribution in [0.3, 0.4) is 0 Å². The Hall–Kier alpha value is -3.40. The first-order valence-electron chi connectivity index (χ1n) is 7.44. The topological polar surface area (TPSA) is 137 Å². The van der Waals surface area contributed by atoms with Crippen LogP contribution in [-0.2, 0) is 4.79 Å². The van der Waals surface area contributed by atoms with Crippen molar-refractivity contribution in [3.05, 3.63) is 60.6 Å². The van der Waals surface area contributed by atoms with Gasteiger partial charge < -0.3 is 4.74 Å². The molecule has 0 aliphatic rings. The minimum Gasteiger partial charge on any atom is -0.426 e. The largest absolute Gasteiger partial charge is 0.426 e. The number of ether oxygens (including phenoxy) is 1. The lowest BCUT2D eigenvalue weighted by molar-refractivity contribution is -0.394. The van der Waals surface area contributed by atoms with E-state index in [1.807, 2.05) is 0 Å². The maximum Gasteiger partial charge on any atom is 0.308 e. The molecule has 0 bridgehead atoms. The first-order chi connectivity index (χ1) is 12.6. The molecule has 0 atom stereocenters. The zero-order valence-corrected chi connectivity index (χ0v) is 15.2. The van der Waals surface area contributed by atoms with Crippen LogP contribution in [0, 0.1) is 34.1 Å². The van der Waals surface area contributed by atoms with Gasteiger partial charge in [-0.3, -0.25) is 25.0 Å². The zero-order valence-electron chi connectivity index (χ0n) is 14.4. The minimum absolute atomic E-state index is 0.176. The van der Waals surface area contributed by atoms with Gasteiger partial charge in [-0.05, 0) is 37.6 Å². The second kappa shape index (κ2) is 7.87. The van der Waals surface area contributed by atoms with Crippen molar-refractivity contribution in [3.8, 4) is 5.75 Å². The summed E-state index contributed by atoms with van der Waals surface area (Å²) < 4.78 is 5.00. The van der Waals surface area contributed by atoms with Crippen LogP contribution < -0.4 is 4.74 Å². The second-order valence-electron chi connectivity index (χ2n) is 5.46. The molecule has 0 heterocycles. The van der Waals surface area contributed by atoms with Gasteiger partial charge in [-0.2, -0.15) is 5.11 Å². The molecule has 2 aromatic rings. The lowest BCUT2D eigenvalue weighted by Gasteiger charge is -2.06. The van der Waals surface area contributed by atoms with Gasteiger partial charge in [0.05, 0.1) is 20.6 Å². The average molecular weight is 393 g/mol. The summed E-state index contributed by atoms with van der Waals surface area (Å²) in [5.74, 6) is -0.132. The lowest BCUT2D eigenvalue weighted by atomic mass is 10.1.